The van der Waals surface area contributed by atoms with Crippen molar-refractivity contribution >= 4 is 5.97 Å². The number of unbranched alkanes of at least 4 members (excludes halogenated alkanes) is 2. The predicted molar refractivity (Wildman–Crippen MR) is 99.2 cm³/mol. The van der Waals surface area contributed by atoms with E-state index in [0.717, 1.165) is 37.7 Å². The molecule has 0 aromatic heterocycles. The van der Waals surface area contributed by atoms with Gasteiger partial charge >= 0.3 is 5.97 Å². The fourth-order valence-corrected chi connectivity index (χ4v) is 2.97. The van der Waals surface area contributed by atoms with E-state index >= 15 is 0 Å². The van der Waals surface area contributed by atoms with Crippen LogP contribution >= 0.6 is 0 Å². The first-order valence-corrected chi connectivity index (χ1v) is 9.44. The molecule has 0 heterocycles. The molecule has 2 unspecified atom stereocenters. The standard InChI is InChI=1S/C21H34O3/c1-5-8-10-17(7-3)16-24-20(23)21(4,15-9-6-2)18-11-13-19(22)14-12-18/h11-14,17,22H,5-10,15-16H2,1-4H3. The van der Waals surface area contributed by atoms with Crippen LogP contribution in [0, 0.1) is 5.92 Å². The van der Waals surface area contributed by atoms with Gasteiger partial charge in [-0.1, -0.05) is 65.0 Å². The summed E-state index contributed by atoms with van der Waals surface area (Å²) in [7, 11) is 0. The third-order valence-corrected chi connectivity index (χ3v) is 4.98. The molecule has 0 aliphatic heterocycles. The summed E-state index contributed by atoms with van der Waals surface area (Å²) < 4.78 is 5.74. The first-order valence-electron chi connectivity index (χ1n) is 9.44. The molecule has 1 aromatic carbocycles. The summed E-state index contributed by atoms with van der Waals surface area (Å²) in [4.78, 5) is 12.9. The SMILES string of the molecule is CCCCC(CC)COC(=O)C(C)(CCCC)c1ccc(O)cc1. The molecule has 2 atom stereocenters. The fourth-order valence-electron chi connectivity index (χ4n) is 2.97. The fraction of sp³-hybridized carbons (Fsp3) is 0.667. The zero-order valence-electron chi connectivity index (χ0n) is 15.8. The second-order valence-electron chi connectivity index (χ2n) is 7.00. The van der Waals surface area contributed by atoms with Crippen LogP contribution in [0.5, 0.6) is 5.75 Å². The van der Waals surface area contributed by atoms with Gasteiger partial charge in [-0.2, -0.15) is 0 Å². The van der Waals surface area contributed by atoms with E-state index in [9.17, 15) is 9.90 Å². The van der Waals surface area contributed by atoms with Gasteiger partial charge in [0.1, 0.15) is 5.75 Å². The summed E-state index contributed by atoms with van der Waals surface area (Å²) in [6.07, 6.45) is 7.28. The van der Waals surface area contributed by atoms with Gasteiger partial charge in [0.25, 0.3) is 0 Å². The van der Waals surface area contributed by atoms with Crippen LogP contribution in [0.3, 0.4) is 0 Å². The predicted octanol–water partition coefficient (Wildman–Crippen LogP) is 5.60. The number of rotatable bonds is 11. The van der Waals surface area contributed by atoms with Crippen molar-refractivity contribution in [2.45, 2.75) is 78.1 Å². The lowest BCUT2D eigenvalue weighted by atomic mass is 9.78. The van der Waals surface area contributed by atoms with E-state index in [4.69, 9.17) is 4.74 Å². The van der Waals surface area contributed by atoms with Crippen LogP contribution in [0.4, 0.5) is 0 Å². The third-order valence-electron chi connectivity index (χ3n) is 4.98. The molecule has 0 saturated carbocycles. The molecular weight excluding hydrogens is 300 g/mol. The summed E-state index contributed by atoms with van der Waals surface area (Å²) in [5.74, 6) is 0.524. The first kappa shape index (κ1) is 20.5. The van der Waals surface area contributed by atoms with Crippen LogP contribution in [-0.4, -0.2) is 17.7 Å². The highest BCUT2D eigenvalue weighted by Crippen LogP contribution is 2.32. The smallest absolute Gasteiger partial charge is 0.316 e. The Hall–Kier alpha value is -1.51. The lowest BCUT2D eigenvalue weighted by Gasteiger charge is -2.29. The van der Waals surface area contributed by atoms with Gasteiger partial charge in [0.05, 0.1) is 12.0 Å². The molecule has 3 nitrogen and oxygen atoms in total. The second-order valence-corrected chi connectivity index (χ2v) is 7.00. The molecule has 0 aliphatic carbocycles. The van der Waals surface area contributed by atoms with E-state index < -0.39 is 5.41 Å². The maximum Gasteiger partial charge on any atom is 0.316 e. The Bertz CT molecular complexity index is 480. The van der Waals surface area contributed by atoms with Crippen LogP contribution < -0.4 is 0 Å². The van der Waals surface area contributed by atoms with E-state index in [-0.39, 0.29) is 11.7 Å². The summed E-state index contributed by atoms with van der Waals surface area (Å²) in [6.45, 7) is 8.94. The van der Waals surface area contributed by atoms with E-state index in [1.807, 2.05) is 19.1 Å². The summed E-state index contributed by atoms with van der Waals surface area (Å²) in [5, 5.41) is 9.51. The van der Waals surface area contributed by atoms with Gasteiger partial charge in [-0.15, -0.1) is 0 Å². The highest BCUT2D eigenvalue weighted by molar-refractivity contribution is 5.82. The number of hydrogen-bond donors (Lipinski definition) is 1. The van der Waals surface area contributed by atoms with Gasteiger partial charge in [0.15, 0.2) is 0 Å². The molecule has 1 aromatic rings. The largest absolute Gasteiger partial charge is 0.508 e. The average molecular weight is 334 g/mol. The normalized spacial score (nSPS) is 14.8. The lowest BCUT2D eigenvalue weighted by Crippen LogP contribution is -2.35. The van der Waals surface area contributed by atoms with E-state index in [1.165, 1.54) is 12.8 Å². The Labute approximate surface area is 147 Å². The van der Waals surface area contributed by atoms with Crippen LogP contribution in [-0.2, 0) is 14.9 Å². The van der Waals surface area contributed by atoms with Crippen molar-refractivity contribution in [3.8, 4) is 5.75 Å². The van der Waals surface area contributed by atoms with E-state index in [2.05, 4.69) is 20.8 Å². The monoisotopic (exact) mass is 334 g/mol. The zero-order valence-corrected chi connectivity index (χ0v) is 15.8. The number of benzene rings is 1. The molecule has 0 bridgehead atoms. The average Bonchev–Trinajstić information content (AvgIpc) is 2.60. The van der Waals surface area contributed by atoms with Crippen molar-refractivity contribution in [2.24, 2.45) is 5.92 Å². The van der Waals surface area contributed by atoms with Crippen LogP contribution in [0.15, 0.2) is 24.3 Å². The molecule has 3 heteroatoms. The van der Waals surface area contributed by atoms with Crippen molar-refractivity contribution in [1.82, 2.24) is 0 Å². The van der Waals surface area contributed by atoms with Gasteiger partial charge < -0.3 is 9.84 Å². The highest BCUT2D eigenvalue weighted by Gasteiger charge is 2.36. The zero-order chi connectivity index (χ0) is 18.0. The second kappa shape index (κ2) is 10.4. The number of ether oxygens (including phenoxy) is 1. The van der Waals surface area contributed by atoms with E-state index in [0.29, 0.717) is 12.5 Å². The Morgan fingerprint density at radius 2 is 1.75 bits per heavy atom. The van der Waals surface area contributed by atoms with Crippen molar-refractivity contribution in [3.63, 3.8) is 0 Å². The third kappa shape index (κ3) is 5.85. The Morgan fingerprint density at radius 3 is 2.29 bits per heavy atom. The van der Waals surface area contributed by atoms with Crippen LogP contribution in [0.1, 0.15) is 78.2 Å². The van der Waals surface area contributed by atoms with Gasteiger partial charge in [-0.3, -0.25) is 4.79 Å². The van der Waals surface area contributed by atoms with Crippen molar-refractivity contribution in [2.75, 3.05) is 6.61 Å². The number of carbonyl (C=O) groups is 1. The molecule has 24 heavy (non-hydrogen) atoms. The molecule has 0 radical (unpaired) electrons. The topological polar surface area (TPSA) is 46.5 Å². The molecule has 0 aliphatic rings. The lowest BCUT2D eigenvalue weighted by molar-refractivity contribution is -0.152. The summed E-state index contributed by atoms with van der Waals surface area (Å²) in [6, 6.07) is 6.95. The minimum Gasteiger partial charge on any atom is -0.508 e. The van der Waals surface area contributed by atoms with E-state index in [1.54, 1.807) is 12.1 Å². The number of phenols is 1. The highest BCUT2D eigenvalue weighted by atomic mass is 16.5. The summed E-state index contributed by atoms with van der Waals surface area (Å²) >= 11 is 0. The van der Waals surface area contributed by atoms with Gasteiger partial charge in [0.2, 0.25) is 0 Å². The van der Waals surface area contributed by atoms with Gasteiger partial charge in [-0.05, 0) is 43.4 Å². The minimum atomic E-state index is -0.646. The van der Waals surface area contributed by atoms with Gasteiger partial charge in [-0.25, -0.2) is 0 Å². The number of hydrogen-bond acceptors (Lipinski definition) is 3. The number of carbonyl (C=O) groups excluding carboxylic acids is 1. The quantitative estimate of drug-likeness (QED) is 0.536. The molecular formula is C21H34O3. The maximum absolute atomic E-state index is 12.9. The van der Waals surface area contributed by atoms with Crippen LogP contribution in [0.25, 0.3) is 0 Å². The minimum absolute atomic E-state index is 0.142. The summed E-state index contributed by atoms with van der Waals surface area (Å²) in [5.41, 5.74) is 0.271. The number of aromatic hydroxyl groups is 1. The van der Waals surface area contributed by atoms with Gasteiger partial charge in [0, 0.05) is 0 Å². The molecule has 0 spiro atoms. The molecule has 136 valence electrons. The molecule has 0 fully saturated rings. The molecule has 1 N–H and O–H groups in total. The Morgan fingerprint density at radius 1 is 1.12 bits per heavy atom. The van der Waals surface area contributed by atoms with Crippen molar-refractivity contribution in [3.05, 3.63) is 29.8 Å². The Kier molecular flexibility index (Phi) is 8.88. The Balaban J connectivity index is 2.82. The molecule has 1 rings (SSSR count). The molecule has 0 amide bonds. The number of phenolic OH excluding ortho intramolecular Hbond substituents is 1. The maximum atomic E-state index is 12.9. The van der Waals surface area contributed by atoms with Crippen molar-refractivity contribution in [1.29, 1.82) is 0 Å². The van der Waals surface area contributed by atoms with Crippen molar-refractivity contribution < 1.29 is 14.6 Å². The first-order chi connectivity index (χ1) is 11.5. The van der Waals surface area contributed by atoms with Crippen LogP contribution in [0.2, 0.25) is 0 Å². The molecule has 0 saturated heterocycles. The number of esters is 1.